The molecular weight excluding hydrogens is 387 g/mol. The Kier molecular flexibility index (Phi) is 4.79. The second kappa shape index (κ2) is 7.36. The van der Waals surface area contributed by atoms with E-state index in [1.165, 1.54) is 11.1 Å². The minimum absolute atomic E-state index is 0.0196. The zero-order valence-corrected chi connectivity index (χ0v) is 16.3. The molecule has 0 saturated carbocycles. The zero-order chi connectivity index (χ0) is 17.9. The number of nitrogens with zero attached hydrogens (tertiary/aromatic N) is 1. The molecule has 0 amide bonds. The van der Waals surface area contributed by atoms with Crippen LogP contribution in [0.1, 0.15) is 18.1 Å². The van der Waals surface area contributed by atoms with E-state index in [4.69, 9.17) is 0 Å². The van der Waals surface area contributed by atoms with Gasteiger partial charge in [-0.2, -0.15) is 0 Å². The van der Waals surface area contributed by atoms with E-state index in [-0.39, 0.29) is 20.3 Å². The van der Waals surface area contributed by atoms with Crippen LogP contribution in [0.2, 0.25) is 0 Å². The molecule has 130 valence electrons. The summed E-state index contributed by atoms with van der Waals surface area (Å²) in [7, 11) is 0. The van der Waals surface area contributed by atoms with Gasteiger partial charge in [-0.3, -0.25) is 0 Å². The van der Waals surface area contributed by atoms with E-state index in [1.807, 2.05) is 46.0 Å². The van der Waals surface area contributed by atoms with Crippen molar-refractivity contribution in [2.45, 2.75) is 19.9 Å². The van der Waals surface area contributed by atoms with E-state index in [2.05, 4.69) is 42.6 Å². The van der Waals surface area contributed by atoms with Crippen molar-refractivity contribution in [3.8, 4) is 5.69 Å². The van der Waals surface area contributed by atoms with Crippen molar-refractivity contribution in [3.05, 3.63) is 94.3 Å². The normalized spacial score (nSPS) is 11.0. The average Bonchev–Trinajstić information content (AvgIpc) is 3.04. The molecule has 1 heterocycles. The molecule has 0 aliphatic carbocycles. The molecule has 4 heteroatoms. The van der Waals surface area contributed by atoms with Crippen LogP contribution in [0.4, 0.5) is 5.69 Å². The van der Waals surface area contributed by atoms with Gasteiger partial charge in [0.05, 0.1) is 0 Å². The molecule has 0 atom stereocenters. The third-order valence-electron chi connectivity index (χ3n) is 4.53. The quantitative estimate of drug-likeness (QED) is 0.503. The van der Waals surface area contributed by atoms with Gasteiger partial charge in [0.25, 0.3) is 0 Å². The number of fused-ring (bicyclic) bond motifs is 1. The Morgan fingerprint density at radius 1 is 0.885 bits per heavy atom. The third-order valence-corrected chi connectivity index (χ3v) is 6.83. The predicted molar refractivity (Wildman–Crippen MR) is 110 cm³/mol. The summed E-state index contributed by atoms with van der Waals surface area (Å²) >= 11 is -0.0196. The Balaban J connectivity index is 1.65. The van der Waals surface area contributed by atoms with Gasteiger partial charge >= 0.3 is 159 Å². The van der Waals surface area contributed by atoms with E-state index in [0.717, 1.165) is 34.0 Å². The van der Waals surface area contributed by atoms with E-state index in [9.17, 15) is 4.79 Å². The molecule has 26 heavy (non-hydrogen) atoms. The number of aromatic nitrogens is 1. The van der Waals surface area contributed by atoms with Crippen LogP contribution in [-0.4, -0.2) is 18.3 Å². The van der Waals surface area contributed by atoms with Gasteiger partial charge in [0.15, 0.2) is 0 Å². The van der Waals surface area contributed by atoms with Crippen LogP contribution in [0.15, 0.2) is 77.6 Å². The van der Waals surface area contributed by atoms with Crippen molar-refractivity contribution < 1.29 is 0 Å². The van der Waals surface area contributed by atoms with Crippen molar-refractivity contribution in [1.29, 1.82) is 0 Å². The van der Waals surface area contributed by atoms with E-state index >= 15 is 0 Å². The third kappa shape index (κ3) is 3.26. The van der Waals surface area contributed by atoms with Gasteiger partial charge in [0.2, 0.25) is 0 Å². The van der Waals surface area contributed by atoms with E-state index < -0.39 is 0 Å². The number of aryl methyl sites for hydroxylation is 1. The first-order chi connectivity index (χ1) is 12.8. The summed E-state index contributed by atoms with van der Waals surface area (Å²) in [5.41, 5.74) is 4.63. The summed E-state index contributed by atoms with van der Waals surface area (Å²) in [6, 6.07) is 24.6. The molecule has 3 nitrogen and oxygen atoms in total. The number of benzene rings is 3. The molecule has 4 aromatic rings. The molecular formula is C22H20N2OSe. The molecule has 0 aliphatic heterocycles. The Morgan fingerprint density at radius 2 is 1.58 bits per heavy atom. The van der Waals surface area contributed by atoms with E-state index in [0.29, 0.717) is 0 Å². The van der Waals surface area contributed by atoms with Crippen molar-refractivity contribution in [3.63, 3.8) is 0 Å². The molecule has 0 unspecified atom stereocenters. The van der Waals surface area contributed by atoms with Crippen LogP contribution in [0, 0.1) is 0 Å². The molecule has 4 rings (SSSR count). The van der Waals surface area contributed by atoms with Gasteiger partial charge in [-0.15, -0.1) is 0 Å². The number of hydrogen-bond donors (Lipinski definition) is 1. The van der Waals surface area contributed by atoms with Crippen LogP contribution in [0.3, 0.4) is 0 Å². The Hall–Kier alpha value is -2.55. The molecule has 0 saturated heterocycles. The van der Waals surface area contributed by atoms with Gasteiger partial charge in [-0.05, 0) is 0 Å². The maximum absolute atomic E-state index is 12.8. The molecule has 1 N–H and O–H groups in total. The van der Waals surface area contributed by atoms with Crippen LogP contribution < -0.4 is 10.9 Å². The van der Waals surface area contributed by atoms with Gasteiger partial charge in [0.1, 0.15) is 0 Å². The molecule has 0 spiro atoms. The van der Waals surface area contributed by atoms with Gasteiger partial charge in [-0.25, -0.2) is 0 Å². The molecule has 0 aliphatic rings. The molecule has 0 radical (unpaired) electrons. The second-order valence-corrected chi connectivity index (χ2v) is 8.30. The first-order valence-electron chi connectivity index (χ1n) is 8.78. The van der Waals surface area contributed by atoms with Gasteiger partial charge in [-0.1, -0.05) is 0 Å². The Bertz CT molecular complexity index is 1090. The molecule has 3 aromatic carbocycles. The van der Waals surface area contributed by atoms with E-state index in [1.54, 1.807) is 0 Å². The van der Waals surface area contributed by atoms with Gasteiger partial charge < -0.3 is 0 Å². The number of rotatable bonds is 5. The fraction of sp³-hybridized carbons (Fsp3) is 0.136. The fourth-order valence-corrected chi connectivity index (χ4v) is 5.18. The van der Waals surface area contributed by atoms with Crippen molar-refractivity contribution >= 4 is 30.1 Å². The predicted octanol–water partition coefficient (Wildman–Crippen LogP) is 4.22. The monoisotopic (exact) mass is 408 g/mol. The van der Waals surface area contributed by atoms with Crippen LogP contribution in [-0.2, 0) is 13.0 Å². The SMILES string of the molecule is CCc1ccc(CNc2ccccc2-n2[se]c3ccccc3c2=O)cc1. The topological polar surface area (TPSA) is 34.0 Å². The molecule has 0 bridgehead atoms. The van der Waals surface area contributed by atoms with Crippen molar-refractivity contribution in [2.75, 3.05) is 5.32 Å². The average molecular weight is 407 g/mol. The first kappa shape index (κ1) is 16.9. The number of nitrogens with one attached hydrogen (secondary N) is 1. The summed E-state index contributed by atoms with van der Waals surface area (Å²) in [5.74, 6) is 0. The summed E-state index contributed by atoms with van der Waals surface area (Å²) in [6.07, 6.45) is 1.05. The molecule has 1 aromatic heterocycles. The number of para-hydroxylation sites is 2. The summed E-state index contributed by atoms with van der Waals surface area (Å²) in [5, 5.41) is 4.34. The van der Waals surface area contributed by atoms with Gasteiger partial charge in [0, 0.05) is 0 Å². The number of anilines is 1. The Morgan fingerprint density at radius 3 is 2.35 bits per heavy atom. The standard InChI is InChI=1S/C22H20N2OSe/c1-2-16-11-13-17(14-12-16)15-23-19-8-4-5-9-20(19)24-22(25)18-7-3-6-10-21(18)26-24/h3-14,23H,2,15H2,1H3. The Labute approximate surface area is 158 Å². The maximum atomic E-state index is 12.8. The number of hydrogen-bond acceptors (Lipinski definition) is 2. The van der Waals surface area contributed by atoms with Crippen LogP contribution in [0.25, 0.3) is 15.3 Å². The zero-order valence-electron chi connectivity index (χ0n) is 14.6. The van der Waals surface area contributed by atoms with Crippen LogP contribution >= 0.6 is 0 Å². The fourth-order valence-electron chi connectivity index (χ4n) is 3.02. The molecule has 0 fully saturated rings. The van der Waals surface area contributed by atoms with Crippen LogP contribution in [0.5, 0.6) is 0 Å². The summed E-state index contributed by atoms with van der Waals surface area (Å²) in [4.78, 5) is 12.8. The summed E-state index contributed by atoms with van der Waals surface area (Å²) in [6.45, 7) is 2.90. The summed E-state index contributed by atoms with van der Waals surface area (Å²) < 4.78 is 3.06. The second-order valence-electron chi connectivity index (χ2n) is 6.23. The van der Waals surface area contributed by atoms with Crippen molar-refractivity contribution in [2.24, 2.45) is 0 Å². The van der Waals surface area contributed by atoms with Crippen molar-refractivity contribution in [1.82, 2.24) is 3.56 Å². The minimum atomic E-state index is -0.0196. The first-order valence-corrected chi connectivity index (χ1v) is 10.4.